The summed E-state index contributed by atoms with van der Waals surface area (Å²) in [5.74, 6) is 1.93. The van der Waals surface area contributed by atoms with Crippen molar-refractivity contribution in [3.8, 4) is 11.5 Å². The van der Waals surface area contributed by atoms with Gasteiger partial charge in [-0.3, -0.25) is 4.99 Å². The highest BCUT2D eigenvalue weighted by Crippen LogP contribution is 2.30. The van der Waals surface area contributed by atoms with Crippen LogP contribution in [0.1, 0.15) is 37.5 Å². The van der Waals surface area contributed by atoms with Crippen molar-refractivity contribution in [2.75, 3.05) is 27.3 Å². The third-order valence-electron chi connectivity index (χ3n) is 4.65. The van der Waals surface area contributed by atoms with Gasteiger partial charge < -0.3 is 25.2 Å². The van der Waals surface area contributed by atoms with Crippen molar-refractivity contribution in [2.45, 2.75) is 38.8 Å². The topological polar surface area (TPSA) is 75.1 Å². The number of nitrogens with one attached hydrogen (secondary N) is 2. The molecule has 0 saturated heterocycles. The van der Waals surface area contributed by atoms with Gasteiger partial charge in [0.2, 0.25) is 0 Å². The van der Waals surface area contributed by atoms with Crippen molar-refractivity contribution in [2.24, 2.45) is 4.99 Å². The number of nitrogens with zero attached hydrogens (tertiary/aromatic N) is 1. The molecule has 158 valence electrons. The number of aliphatic hydroxyl groups excluding tert-OH is 1. The van der Waals surface area contributed by atoms with E-state index in [1.54, 1.807) is 26.4 Å². The SMILES string of the molecule is CCNC(=NCC(O)c1ccc(OC)c(OC)c1)NC(C)CCc1ccccc1. The number of aliphatic imine (C=N–C) groups is 1. The molecule has 2 unspecified atom stereocenters. The Hall–Kier alpha value is -2.73. The van der Waals surface area contributed by atoms with E-state index in [1.165, 1.54) is 5.56 Å². The van der Waals surface area contributed by atoms with E-state index >= 15 is 0 Å². The third-order valence-corrected chi connectivity index (χ3v) is 4.65. The van der Waals surface area contributed by atoms with Crippen LogP contribution in [-0.4, -0.2) is 44.4 Å². The van der Waals surface area contributed by atoms with Gasteiger partial charge in [-0.15, -0.1) is 0 Å². The van der Waals surface area contributed by atoms with E-state index in [1.807, 2.05) is 19.1 Å². The van der Waals surface area contributed by atoms with E-state index in [0.717, 1.165) is 24.9 Å². The molecular formula is C23H33N3O3. The predicted octanol–water partition coefficient (Wildman–Crippen LogP) is 3.31. The number of ether oxygens (including phenoxy) is 2. The molecule has 29 heavy (non-hydrogen) atoms. The molecule has 6 heteroatoms. The Bertz CT molecular complexity index is 765. The Kier molecular flexibility index (Phi) is 9.31. The fourth-order valence-corrected chi connectivity index (χ4v) is 3.00. The normalized spacial score (nSPS) is 13.5. The second kappa shape index (κ2) is 12.0. The Morgan fingerprint density at radius 1 is 1.07 bits per heavy atom. The Morgan fingerprint density at radius 3 is 2.45 bits per heavy atom. The summed E-state index contributed by atoms with van der Waals surface area (Å²) in [7, 11) is 3.17. The molecule has 0 aliphatic carbocycles. The monoisotopic (exact) mass is 399 g/mol. The van der Waals surface area contributed by atoms with E-state index in [0.29, 0.717) is 17.5 Å². The lowest BCUT2D eigenvalue weighted by atomic mass is 10.1. The molecule has 2 rings (SSSR count). The van der Waals surface area contributed by atoms with Crippen LogP contribution in [-0.2, 0) is 6.42 Å². The minimum Gasteiger partial charge on any atom is -0.493 e. The van der Waals surface area contributed by atoms with Gasteiger partial charge in [-0.05, 0) is 49.9 Å². The molecule has 3 N–H and O–H groups in total. The smallest absolute Gasteiger partial charge is 0.191 e. The molecule has 0 saturated carbocycles. The molecular weight excluding hydrogens is 366 g/mol. The van der Waals surface area contributed by atoms with Crippen molar-refractivity contribution < 1.29 is 14.6 Å². The molecule has 0 radical (unpaired) electrons. The maximum absolute atomic E-state index is 10.5. The van der Waals surface area contributed by atoms with Gasteiger partial charge in [-0.2, -0.15) is 0 Å². The molecule has 6 nitrogen and oxygen atoms in total. The number of hydrogen-bond acceptors (Lipinski definition) is 4. The molecule has 2 aromatic rings. The number of aliphatic hydroxyl groups is 1. The van der Waals surface area contributed by atoms with Crippen molar-refractivity contribution in [1.29, 1.82) is 0 Å². The van der Waals surface area contributed by atoms with Gasteiger partial charge in [0.15, 0.2) is 17.5 Å². The van der Waals surface area contributed by atoms with E-state index in [9.17, 15) is 5.11 Å². The molecule has 2 aromatic carbocycles. The molecule has 0 heterocycles. The van der Waals surface area contributed by atoms with E-state index in [4.69, 9.17) is 9.47 Å². The van der Waals surface area contributed by atoms with Gasteiger partial charge in [0.1, 0.15) is 0 Å². The first kappa shape index (κ1) is 22.6. The highest BCUT2D eigenvalue weighted by Gasteiger charge is 2.12. The van der Waals surface area contributed by atoms with Crippen molar-refractivity contribution in [3.63, 3.8) is 0 Å². The van der Waals surface area contributed by atoms with Crippen LogP contribution in [0.4, 0.5) is 0 Å². The molecule has 0 fully saturated rings. The first-order valence-corrected chi connectivity index (χ1v) is 10.1. The molecule has 0 amide bonds. The largest absolute Gasteiger partial charge is 0.493 e. The summed E-state index contributed by atoms with van der Waals surface area (Å²) in [5, 5.41) is 17.2. The van der Waals surface area contributed by atoms with E-state index in [2.05, 4.69) is 46.8 Å². The zero-order valence-electron chi connectivity index (χ0n) is 17.8. The van der Waals surface area contributed by atoms with Crippen molar-refractivity contribution in [3.05, 3.63) is 59.7 Å². The first-order valence-electron chi connectivity index (χ1n) is 10.1. The number of guanidine groups is 1. The lowest BCUT2D eigenvalue weighted by Gasteiger charge is -2.19. The number of rotatable bonds is 10. The maximum Gasteiger partial charge on any atom is 0.191 e. The van der Waals surface area contributed by atoms with Crippen LogP contribution in [0.5, 0.6) is 11.5 Å². The van der Waals surface area contributed by atoms with Gasteiger partial charge in [0.25, 0.3) is 0 Å². The highest BCUT2D eigenvalue weighted by molar-refractivity contribution is 5.80. The molecule has 0 aliphatic rings. The fraction of sp³-hybridized carbons (Fsp3) is 0.435. The highest BCUT2D eigenvalue weighted by atomic mass is 16.5. The van der Waals surface area contributed by atoms with Crippen LogP contribution in [0, 0.1) is 0 Å². The van der Waals surface area contributed by atoms with Gasteiger partial charge in [-0.1, -0.05) is 36.4 Å². The second-order valence-electron chi connectivity index (χ2n) is 6.92. The summed E-state index contributed by atoms with van der Waals surface area (Å²) in [6.45, 7) is 5.16. The zero-order valence-corrected chi connectivity index (χ0v) is 17.8. The Balaban J connectivity index is 1.95. The summed E-state index contributed by atoms with van der Waals surface area (Å²) in [6, 6.07) is 16.1. The van der Waals surface area contributed by atoms with Crippen molar-refractivity contribution in [1.82, 2.24) is 10.6 Å². The van der Waals surface area contributed by atoms with Crippen LogP contribution in [0.2, 0.25) is 0 Å². The zero-order chi connectivity index (χ0) is 21.1. The average molecular weight is 400 g/mol. The Morgan fingerprint density at radius 2 is 1.79 bits per heavy atom. The summed E-state index contributed by atoms with van der Waals surface area (Å²) in [5.41, 5.74) is 2.06. The van der Waals surface area contributed by atoms with Crippen LogP contribution >= 0.6 is 0 Å². The maximum atomic E-state index is 10.5. The third kappa shape index (κ3) is 7.31. The van der Waals surface area contributed by atoms with E-state index in [-0.39, 0.29) is 12.6 Å². The van der Waals surface area contributed by atoms with Crippen molar-refractivity contribution >= 4 is 5.96 Å². The van der Waals surface area contributed by atoms with Gasteiger partial charge in [-0.25, -0.2) is 0 Å². The molecule has 0 aliphatic heterocycles. The standard InChI is InChI=1S/C23H33N3O3/c1-5-24-23(26-17(2)11-12-18-9-7-6-8-10-18)25-16-20(27)19-13-14-21(28-3)22(15-19)29-4/h6-10,13-15,17,20,27H,5,11-12,16H2,1-4H3,(H2,24,25,26). The fourth-order valence-electron chi connectivity index (χ4n) is 3.00. The van der Waals surface area contributed by atoms with Crippen LogP contribution < -0.4 is 20.1 Å². The molecule has 0 aromatic heterocycles. The number of benzene rings is 2. The summed E-state index contributed by atoms with van der Waals surface area (Å²) < 4.78 is 10.6. The predicted molar refractivity (Wildman–Crippen MR) is 118 cm³/mol. The quantitative estimate of drug-likeness (QED) is 0.422. The summed E-state index contributed by atoms with van der Waals surface area (Å²) in [6.07, 6.45) is 1.26. The summed E-state index contributed by atoms with van der Waals surface area (Å²) >= 11 is 0. The lowest BCUT2D eigenvalue weighted by Crippen LogP contribution is -2.42. The molecule has 2 atom stereocenters. The van der Waals surface area contributed by atoms with Gasteiger partial charge >= 0.3 is 0 Å². The molecule has 0 spiro atoms. The van der Waals surface area contributed by atoms with Gasteiger partial charge in [0, 0.05) is 12.6 Å². The number of methoxy groups -OCH3 is 2. The van der Waals surface area contributed by atoms with Crippen LogP contribution in [0.15, 0.2) is 53.5 Å². The minimum absolute atomic E-state index is 0.246. The first-order chi connectivity index (χ1) is 14.1. The van der Waals surface area contributed by atoms with Crippen LogP contribution in [0.3, 0.4) is 0 Å². The lowest BCUT2D eigenvalue weighted by molar-refractivity contribution is 0.186. The number of hydrogen-bond donors (Lipinski definition) is 3. The minimum atomic E-state index is -0.732. The van der Waals surface area contributed by atoms with Crippen LogP contribution in [0.25, 0.3) is 0 Å². The number of aryl methyl sites for hydroxylation is 1. The molecule has 0 bridgehead atoms. The second-order valence-corrected chi connectivity index (χ2v) is 6.92. The summed E-state index contributed by atoms with van der Waals surface area (Å²) in [4.78, 5) is 4.56. The van der Waals surface area contributed by atoms with Gasteiger partial charge in [0.05, 0.1) is 26.9 Å². The average Bonchev–Trinajstić information content (AvgIpc) is 2.76. The Labute approximate surface area is 174 Å². The van der Waals surface area contributed by atoms with E-state index < -0.39 is 6.10 Å².